The number of ether oxygens (including phenoxy) is 3. The summed E-state index contributed by atoms with van der Waals surface area (Å²) in [5.41, 5.74) is -3.69. The molecule has 5 fully saturated rings. The first-order valence-corrected chi connectivity index (χ1v) is 12.2. The summed E-state index contributed by atoms with van der Waals surface area (Å²) in [7, 11) is 0. The minimum Gasteiger partial charge on any atom is -0.472 e. The number of aliphatic hydroxyl groups excluding tert-OH is 1. The van der Waals surface area contributed by atoms with Gasteiger partial charge in [0.15, 0.2) is 6.10 Å². The van der Waals surface area contributed by atoms with E-state index in [1.165, 1.54) is 0 Å². The molecule has 0 amide bonds. The number of furan rings is 1. The minimum atomic E-state index is -1.05. The normalized spacial score (nSPS) is 51.1. The molecule has 8 heteroatoms. The van der Waals surface area contributed by atoms with E-state index < -0.39 is 57.7 Å². The average Bonchev–Trinajstić information content (AvgIpc) is 3.33. The first-order chi connectivity index (χ1) is 15.8. The summed E-state index contributed by atoms with van der Waals surface area (Å²) in [4.78, 5) is 39.8. The molecule has 1 spiro atoms. The maximum absolute atomic E-state index is 14.2. The lowest BCUT2D eigenvalue weighted by molar-refractivity contribution is -0.231. The Morgan fingerprint density at radius 2 is 1.74 bits per heavy atom. The Morgan fingerprint density at radius 1 is 1.00 bits per heavy atom. The molecule has 1 aromatic rings. The van der Waals surface area contributed by atoms with E-state index >= 15 is 0 Å². The van der Waals surface area contributed by atoms with Crippen molar-refractivity contribution in [3.8, 4) is 0 Å². The van der Waals surface area contributed by atoms with Crippen LogP contribution in [0.2, 0.25) is 0 Å². The highest BCUT2D eigenvalue weighted by molar-refractivity contribution is 5.93. The smallest absolute Gasteiger partial charge is 0.339 e. The molecule has 0 radical (unpaired) electrons. The van der Waals surface area contributed by atoms with Crippen LogP contribution in [0.15, 0.2) is 23.0 Å². The van der Waals surface area contributed by atoms with Crippen molar-refractivity contribution >= 4 is 17.7 Å². The molecule has 184 valence electrons. The molecule has 2 saturated carbocycles. The van der Waals surface area contributed by atoms with Gasteiger partial charge in [-0.3, -0.25) is 9.59 Å². The number of hydrogen-bond donors (Lipinski definition) is 1. The second-order valence-electron chi connectivity index (χ2n) is 12.2. The van der Waals surface area contributed by atoms with Crippen LogP contribution in [0.4, 0.5) is 0 Å². The van der Waals surface area contributed by atoms with Crippen molar-refractivity contribution in [1.29, 1.82) is 0 Å². The fraction of sp³-hybridized carbons (Fsp3) is 0.731. The number of rotatable bonds is 1. The van der Waals surface area contributed by atoms with E-state index in [9.17, 15) is 19.5 Å². The third-order valence-corrected chi connectivity index (χ3v) is 10.5. The molecule has 2 aliphatic carbocycles. The fourth-order valence-corrected chi connectivity index (χ4v) is 8.90. The first kappa shape index (κ1) is 22.3. The number of esters is 2. The minimum absolute atomic E-state index is 0.00716. The molecular formula is C26H32O8. The molecule has 9 atom stereocenters. The van der Waals surface area contributed by atoms with E-state index in [4.69, 9.17) is 18.6 Å². The topological polar surface area (TPSA) is 116 Å². The number of hydrogen-bond acceptors (Lipinski definition) is 8. The predicted molar refractivity (Wildman–Crippen MR) is 116 cm³/mol. The number of ketones is 1. The number of epoxide rings is 1. The lowest BCUT2D eigenvalue weighted by atomic mass is 9.37. The molecule has 6 rings (SSSR count). The van der Waals surface area contributed by atoms with Crippen molar-refractivity contribution < 1.29 is 38.1 Å². The lowest BCUT2D eigenvalue weighted by Crippen LogP contribution is -2.72. The summed E-state index contributed by atoms with van der Waals surface area (Å²) >= 11 is 0. The Morgan fingerprint density at radius 3 is 2.41 bits per heavy atom. The summed E-state index contributed by atoms with van der Waals surface area (Å²) in [5.74, 6) is -1.59. The van der Waals surface area contributed by atoms with Gasteiger partial charge in [-0.25, -0.2) is 4.79 Å². The SMILES string of the molecule is CC1(C)OC(=O)CC(O)[C@@]2(C)C1CC(=O)[C@]1(C)C2CCC2(C)C(c3ccoc3)OC(=O)[C@H]3O[C@]321. The molecule has 3 saturated heterocycles. The van der Waals surface area contributed by atoms with E-state index in [1.807, 2.05) is 34.6 Å². The van der Waals surface area contributed by atoms with Gasteiger partial charge in [0.25, 0.3) is 0 Å². The highest BCUT2D eigenvalue weighted by Crippen LogP contribution is 2.78. The first-order valence-electron chi connectivity index (χ1n) is 12.2. The van der Waals surface area contributed by atoms with Crippen LogP contribution < -0.4 is 0 Å². The maximum atomic E-state index is 14.2. The van der Waals surface area contributed by atoms with Gasteiger partial charge in [0.05, 0.1) is 30.5 Å². The summed E-state index contributed by atoms with van der Waals surface area (Å²) in [5, 5.41) is 11.4. The van der Waals surface area contributed by atoms with E-state index in [0.717, 1.165) is 5.56 Å². The molecule has 0 aromatic carbocycles. The van der Waals surface area contributed by atoms with E-state index in [-0.39, 0.29) is 30.5 Å². The van der Waals surface area contributed by atoms with Crippen LogP contribution >= 0.6 is 0 Å². The number of aliphatic hydroxyl groups is 1. The maximum Gasteiger partial charge on any atom is 0.339 e. The predicted octanol–water partition coefficient (Wildman–Crippen LogP) is 3.12. The Labute approximate surface area is 198 Å². The number of carbonyl (C=O) groups is 3. The molecule has 34 heavy (non-hydrogen) atoms. The second kappa shape index (κ2) is 6.32. The van der Waals surface area contributed by atoms with Crippen LogP contribution in [0.1, 0.15) is 72.0 Å². The summed E-state index contributed by atoms with van der Waals surface area (Å²) in [6.07, 6.45) is 1.99. The molecular weight excluding hydrogens is 440 g/mol. The van der Waals surface area contributed by atoms with Crippen LogP contribution in [0.25, 0.3) is 0 Å². The lowest BCUT2D eigenvalue weighted by Gasteiger charge is -2.66. The molecule has 8 nitrogen and oxygen atoms in total. The third-order valence-electron chi connectivity index (χ3n) is 10.5. The van der Waals surface area contributed by atoms with Gasteiger partial charge in [0.1, 0.15) is 23.1 Å². The highest BCUT2D eigenvalue weighted by atomic mass is 16.7. The van der Waals surface area contributed by atoms with Crippen LogP contribution in [0, 0.1) is 28.1 Å². The van der Waals surface area contributed by atoms with Gasteiger partial charge in [-0.2, -0.15) is 0 Å². The molecule has 1 N–H and O–H groups in total. The van der Waals surface area contributed by atoms with Gasteiger partial charge in [0.2, 0.25) is 0 Å². The number of fused-ring (bicyclic) bond motifs is 3. The number of Topliss-reactive ketones (excluding diaryl/α,β-unsaturated/α-hetero) is 1. The standard InChI is InChI=1S/C26H32O8/c1-22(2)15-10-17(28)25(5)14(24(15,4)16(27)11-18(29)33-22)6-8-23(3)19(13-7-9-31-12-13)32-21(30)20-26(23,25)34-20/h7,9,12,14-16,19-20,27H,6,8,10-11H2,1-5H3/t14?,15?,16?,19?,20-,23?,24-,25+,26-/m1/s1. The van der Waals surface area contributed by atoms with Crippen molar-refractivity contribution in [1.82, 2.24) is 0 Å². The van der Waals surface area contributed by atoms with E-state index in [1.54, 1.807) is 18.6 Å². The van der Waals surface area contributed by atoms with Gasteiger partial charge < -0.3 is 23.7 Å². The van der Waals surface area contributed by atoms with Gasteiger partial charge in [-0.15, -0.1) is 0 Å². The van der Waals surface area contributed by atoms with Crippen LogP contribution in [-0.2, 0) is 28.6 Å². The van der Waals surface area contributed by atoms with Crippen LogP contribution in [-0.4, -0.2) is 46.2 Å². The summed E-state index contributed by atoms with van der Waals surface area (Å²) < 4.78 is 23.2. The highest BCUT2D eigenvalue weighted by Gasteiger charge is 2.88. The van der Waals surface area contributed by atoms with Crippen LogP contribution in [0.3, 0.4) is 0 Å². The van der Waals surface area contributed by atoms with Gasteiger partial charge >= 0.3 is 11.9 Å². The van der Waals surface area contributed by atoms with Crippen molar-refractivity contribution in [2.45, 2.75) is 89.8 Å². The van der Waals surface area contributed by atoms with Crippen molar-refractivity contribution in [2.75, 3.05) is 0 Å². The zero-order valence-electron chi connectivity index (χ0n) is 20.3. The van der Waals surface area contributed by atoms with Gasteiger partial charge in [0, 0.05) is 28.7 Å². The zero-order chi connectivity index (χ0) is 24.5. The summed E-state index contributed by atoms with van der Waals surface area (Å²) in [6, 6.07) is 1.79. The molecule has 1 aromatic heterocycles. The van der Waals surface area contributed by atoms with Crippen molar-refractivity contribution in [3.05, 3.63) is 24.2 Å². The Hall–Kier alpha value is -2.19. The van der Waals surface area contributed by atoms with Crippen molar-refractivity contribution in [2.24, 2.45) is 28.1 Å². The van der Waals surface area contributed by atoms with Crippen LogP contribution in [0.5, 0.6) is 0 Å². The quantitative estimate of drug-likeness (QED) is 0.490. The molecule has 3 aliphatic heterocycles. The molecule has 5 unspecified atom stereocenters. The van der Waals surface area contributed by atoms with Gasteiger partial charge in [-0.05, 0) is 45.6 Å². The number of carbonyl (C=O) groups excluding carboxylic acids is 3. The molecule has 0 bridgehead atoms. The largest absolute Gasteiger partial charge is 0.472 e. The number of cyclic esters (lactones) is 2. The molecule has 4 heterocycles. The Bertz CT molecular complexity index is 1090. The Balaban J connectivity index is 1.53. The van der Waals surface area contributed by atoms with E-state index in [2.05, 4.69) is 0 Å². The third kappa shape index (κ3) is 2.25. The monoisotopic (exact) mass is 472 g/mol. The second-order valence-corrected chi connectivity index (χ2v) is 12.2. The van der Waals surface area contributed by atoms with Gasteiger partial charge in [-0.1, -0.05) is 13.8 Å². The average molecular weight is 473 g/mol. The summed E-state index contributed by atoms with van der Waals surface area (Å²) in [6.45, 7) is 9.61. The molecule has 5 aliphatic rings. The Kier molecular flexibility index (Phi) is 4.14. The van der Waals surface area contributed by atoms with Crippen molar-refractivity contribution in [3.63, 3.8) is 0 Å². The van der Waals surface area contributed by atoms with E-state index in [0.29, 0.717) is 12.8 Å². The fourth-order valence-electron chi connectivity index (χ4n) is 8.90. The zero-order valence-corrected chi connectivity index (χ0v) is 20.3.